The van der Waals surface area contributed by atoms with Gasteiger partial charge in [-0.15, -0.1) is 10.2 Å². The van der Waals surface area contributed by atoms with Gasteiger partial charge in [-0.05, 0) is 23.8 Å². The molecule has 0 aliphatic heterocycles. The third-order valence-corrected chi connectivity index (χ3v) is 5.66. The first kappa shape index (κ1) is 18.3. The minimum absolute atomic E-state index is 0.515. The van der Waals surface area contributed by atoms with Crippen LogP contribution in [0.3, 0.4) is 0 Å². The van der Waals surface area contributed by atoms with Crippen molar-refractivity contribution in [2.24, 2.45) is 0 Å². The number of ether oxygens (including phenoxy) is 1. The summed E-state index contributed by atoms with van der Waals surface area (Å²) in [4.78, 5) is 0. The fourth-order valence-electron chi connectivity index (χ4n) is 1.99. The van der Waals surface area contributed by atoms with E-state index in [9.17, 15) is 0 Å². The van der Waals surface area contributed by atoms with Gasteiger partial charge < -0.3 is 10.1 Å². The van der Waals surface area contributed by atoms with Crippen molar-refractivity contribution in [1.29, 1.82) is 0 Å². The van der Waals surface area contributed by atoms with E-state index in [4.69, 9.17) is 27.9 Å². The second-order valence-electron chi connectivity index (χ2n) is 4.98. The van der Waals surface area contributed by atoms with Gasteiger partial charge in [0.2, 0.25) is 5.13 Å². The Bertz CT molecular complexity index is 815. The molecule has 0 aliphatic carbocycles. The van der Waals surface area contributed by atoms with Gasteiger partial charge in [0.05, 0.1) is 11.6 Å². The van der Waals surface area contributed by atoms with Crippen molar-refractivity contribution in [1.82, 2.24) is 10.2 Å². The maximum atomic E-state index is 6.07. The molecule has 0 bridgehead atoms. The Balaban J connectivity index is 1.41. The Morgan fingerprint density at radius 2 is 1.92 bits per heavy atom. The topological polar surface area (TPSA) is 47.0 Å². The number of aromatic nitrogens is 2. The number of halogens is 2. The number of thioether (sulfide) groups is 1. The summed E-state index contributed by atoms with van der Waals surface area (Å²) in [7, 11) is 0. The maximum Gasteiger partial charge on any atom is 0.206 e. The van der Waals surface area contributed by atoms with Crippen LogP contribution in [-0.4, -0.2) is 22.6 Å². The Kier molecular flexibility index (Phi) is 6.81. The Morgan fingerprint density at radius 1 is 1.08 bits per heavy atom. The second kappa shape index (κ2) is 9.29. The normalized spacial score (nSPS) is 10.6. The summed E-state index contributed by atoms with van der Waals surface area (Å²) in [6.07, 6.45) is 0. The predicted molar refractivity (Wildman–Crippen MR) is 106 cm³/mol. The molecule has 1 aromatic heterocycles. The average molecular weight is 412 g/mol. The van der Waals surface area contributed by atoms with E-state index in [2.05, 4.69) is 27.6 Å². The van der Waals surface area contributed by atoms with Gasteiger partial charge in [-0.2, -0.15) is 0 Å². The van der Waals surface area contributed by atoms with Crippen molar-refractivity contribution in [3.8, 4) is 5.75 Å². The van der Waals surface area contributed by atoms with Gasteiger partial charge in [0.1, 0.15) is 5.75 Å². The summed E-state index contributed by atoms with van der Waals surface area (Å²) < 4.78 is 6.56. The molecule has 8 heteroatoms. The molecule has 0 saturated carbocycles. The van der Waals surface area contributed by atoms with Crippen LogP contribution in [0.1, 0.15) is 5.56 Å². The first-order valence-electron chi connectivity index (χ1n) is 7.52. The van der Waals surface area contributed by atoms with Gasteiger partial charge in [0, 0.05) is 17.3 Å². The van der Waals surface area contributed by atoms with E-state index in [1.807, 2.05) is 18.2 Å². The van der Waals surface area contributed by atoms with E-state index in [0.29, 0.717) is 22.4 Å². The van der Waals surface area contributed by atoms with Crippen LogP contribution in [0.25, 0.3) is 0 Å². The fraction of sp³-hybridized carbons (Fsp3) is 0.176. The number of anilines is 1. The molecule has 0 radical (unpaired) electrons. The zero-order chi connectivity index (χ0) is 17.5. The highest BCUT2D eigenvalue weighted by Crippen LogP contribution is 2.29. The van der Waals surface area contributed by atoms with Crippen molar-refractivity contribution in [3.05, 3.63) is 64.1 Å². The summed E-state index contributed by atoms with van der Waals surface area (Å²) in [5, 5.41) is 13.5. The molecule has 0 aliphatic rings. The van der Waals surface area contributed by atoms with Gasteiger partial charge in [-0.3, -0.25) is 0 Å². The fourth-order valence-corrected chi connectivity index (χ4v) is 4.08. The lowest BCUT2D eigenvalue weighted by atomic mass is 10.2. The molecule has 0 fully saturated rings. The van der Waals surface area contributed by atoms with Gasteiger partial charge >= 0.3 is 0 Å². The van der Waals surface area contributed by atoms with Crippen molar-refractivity contribution < 1.29 is 4.74 Å². The Hall–Kier alpha value is -1.47. The lowest BCUT2D eigenvalue weighted by Crippen LogP contribution is -2.00. The van der Waals surface area contributed by atoms with Crippen LogP contribution in [0.5, 0.6) is 5.75 Å². The second-order valence-corrected chi connectivity index (χ2v) is 8.15. The van der Waals surface area contributed by atoms with Crippen molar-refractivity contribution >= 4 is 51.4 Å². The SMILES string of the molecule is Clc1ccc(OCCSc2nnc(NCc3ccccc3)s2)c(Cl)c1. The van der Waals surface area contributed by atoms with Crippen LogP contribution in [-0.2, 0) is 6.54 Å². The van der Waals surface area contributed by atoms with Crippen LogP contribution >= 0.6 is 46.3 Å². The lowest BCUT2D eigenvalue weighted by Gasteiger charge is -2.07. The molecule has 4 nitrogen and oxygen atoms in total. The van der Waals surface area contributed by atoms with Crippen molar-refractivity contribution in [2.45, 2.75) is 10.9 Å². The summed E-state index contributed by atoms with van der Waals surface area (Å²) >= 11 is 15.1. The van der Waals surface area contributed by atoms with Crippen molar-refractivity contribution in [2.75, 3.05) is 17.7 Å². The first-order chi connectivity index (χ1) is 12.2. The van der Waals surface area contributed by atoms with E-state index in [1.165, 1.54) is 16.9 Å². The molecular formula is C17H15Cl2N3OS2. The molecule has 2 aromatic carbocycles. The minimum Gasteiger partial charge on any atom is -0.491 e. The summed E-state index contributed by atoms with van der Waals surface area (Å²) in [5.74, 6) is 1.39. The highest BCUT2D eigenvalue weighted by atomic mass is 35.5. The van der Waals surface area contributed by atoms with Gasteiger partial charge in [-0.1, -0.05) is 76.6 Å². The van der Waals surface area contributed by atoms with E-state index in [1.54, 1.807) is 30.0 Å². The summed E-state index contributed by atoms with van der Waals surface area (Å²) in [6.45, 7) is 1.26. The highest BCUT2D eigenvalue weighted by molar-refractivity contribution is 8.01. The third kappa shape index (κ3) is 5.78. The Labute approximate surface area is 164 Å². The lowest BCUT2D eigenvalue weighted by molar-refractivity contribution is 0.344. The molecule has 0 unspecified atom stereocenters. The molecule has 3 aromatic rings. The van der Waals surface area contributed by atoms with Crippen LogP contribution < -0.4 is 10.1 Å². The number of hydrogen-bond donors (Lipinski definition) is 1. The molecule has 0 saturated heterocycles. The van der Waals surface area contributed by atoms with E-state index in [-0.39, 0.29) is 0 Å². The van der Waals surface area contributed by atoms with Crippen LogP contribution in [0.15, 0.2) is 52.9 Å². The molecule has 0 spiro atoms. The van der Waals surface area contributed by atoms with Gasteiger partial charge in [0.25, 0.3) is 0 Å². The van der Waals surface area contributed by atoms with Crippen LogP contribution in [0.2, 0.25) is 10.0 Å². The predicted octanol–water partition coefficient (Wildman–Crippen LogP) is 5.63. The largest absolute Gasteiger partial charge is 0.491 e. The van der Waals surface area contributed by atoms with E-state index >= 15 is 0 Å². The number of nitrogens with zero attached hydrogens (tertiary/aromatic N) is 2. The molecule has 3 rings (SSSR count). The maximum absolute atomic E-state index is 6.07. The molecule has 0 amide bonds. The molecule has 0 atom stereocenters. The van der Waals surface area contributed by atoms with Gasteiger partial charge in [0.15, 0.2) is 4.34 Å². The standard InChI is InChI=1S/C17H15Cl2N3OS2/c18-13-6-7-15(14(19)10-13)23-8-9-24-17-22-21-16(25-17)20-11-12-4-2-1-3-5-12/h1-7,10H,8-9,11H2,(H,20,21). The molecule has 25 heavy (non-hydrogen) atoms. The first-order valence-corrected chi connectivity index (χ1v) is 10.1. The zero-order valence-electron chi connectivity index (χ0n) is 13.1. The highest BCUT2D eigenvalue weighted by Gasteiger charge is 2.06. The quantitative estimate of drug-likeness (QED) is 0.384. The van der Waals surface area contributed by atoms with Crippen molar-refractivity contribution in [3.63, 3.8) is 0 Å². The molecule has 130 valence electrons. The number of nitrogens with one attached hydrogen (secondary N) is 1. The number of hydrogen-bond acceptors (Lipinski definition) is 6. The van der Waals surface area contributed by atoms with E-state index < -0.39 is 0 Å². The monoisotopic (exact) mass is 411 g/mol. The molecule has 1 N–H and O–H groups in total. The van der Waals surface area contributed by atoms with Gasteiger partial charge in [-0.25, -0.2) is 0 Å². The smallest absolute Gasteiger partial charge is 0.206 e. The van der Waals surface area contributed by atoms with E-state index in [0.717, 1.165) is 21.8 Å². The number of rotatable bonds is 8. The molecule has 1 heterocycles. The molecular weight excluding hydrogens is 397 g/mol. The minimum atomic E-state index is 0.515. The third-order valence-electron chi connectivity index (χ3n) is 3.15. The zero-order valence-corrected chi connectivity index (χ0v) is 16.3. The average Bonchev–Trinajstić information content (AvgIpc) is 3.07. The summed E-state index contributed by atoms with van der Waals surface area (Å²) in [5.41, 5.74) is 1.21. The summed E-state index contributed by atoms with van der Waals surface area (Å²) in [6, 6.07) is 15.4. The van der Waals surface area contributed by atoms with Crippen LogP contribution in [0, 0.1) is 0 Å². The van der Waals surface area contributed by atoms with Crippen LogP contribution in [0.4, 0.5) is 5.13 Å². The Morgan fingerprint density at radius 3 is 2.72 bits per heavy atom. The number of benzene rings is 2.